The fourth-order valence-corrected chi connectivity index (χ4v) is 0.771. The number of H-pyrrole nitrogens is 1. The van der Waals surface area contributed by atoms with E-state index in [1.165, 1.54) is 0 Å². The van der Waals surface area contributed by atoms with Crippen LogP contribution in [0.4, 0.5) is 0 Å². The second-order valence-electron chi connectivity index (χ2n) is 1.68. The van der Waals surface area contributed by atoms with Crippen molar-refractivity contribution in [2.45, 2.75) is 0 Å². The van der Waals surface area contributed by atoms with Crippen LogP contribution in [0.1, 0.15) is 10.4 Å². The van der Waals surface area contributed by atoms with Crippen molar-refractivity contribution in [2.75, 3.05) is 5.75 Å². The molecule has 3 heteroatoms. The molecule has 0 fully saturated rings. The lowest BCUT2D eigenvalue weighted by Crippen LogP contribution is -1.96. The van der Waals surface area contributed by atoms with Gasteiger partial charge in [0.15, 0.2) is 5.78 Å². The van der Waals surface area contributed by atoms with Crippen molar-refractivity contribution in [3.05, 3.63) is 24.0 Å². The first-order chi connectivity index (χ1) is 4.34. The van der Waals surface area contributed by atoms with E-state index in [-0.39, 0.29) is 11.5 Å². The van der Waals surface area contributed by atoms with E-state index in [9.17, 15) is 4.79 Å². The van der Waals surface area contributed by atoms with E-state index in [0.717, 1.165) is 0 Å². The molecule has 0 unspecified atom stereocenters. The summed E-state index contributed by atoms with van der Waals surface area (Å²) in [5.74, 6) is 0.331. The van der Waals surface area contributed by atoms with Crippen molar-refractivity contribution in [3.63, 3.8) is 0 Å². The molecule has 0 atom stereocenters. The van der Waals surface area contributed by atoms with Crippen LogP contribution in [0.25, 0.3) is 0 Å². The molecule has 0 saturated heterocycles. The summed E-state index contributed by atoms with van der Waals surface area (Å²) in [5, 5.41) is 0. The highest BCUT2D eigenvalue weighted by Crippen LogP contribution is 1.98. The normalized spacial score (nSPS) is 9.44. The predicted molar refractivity (Wildman–Crippen MR) is 39.0 cm³/mol. The van der Waals surface area contributed by atoms with E-state index in [1.54, 1.807) is 18.5 Å². The number of ketones is 1. The quantitative estimate of drug-likeness (QED) is 0.469. The fourth-order valence-electron chi connectivity index (χ4n) is 0.589. The summed E-state index contributed by atoms with van der Waals surface area (Å²) in [6.07, 6.45) is 3.38. The van der Waals surface area contributed by atoms with E-state index in [0.29, 0.717) is 5.56 Å². The van der Waals surface area contributed by atoms with E-state index < -0.39 is 0 Å². The van der Waals surface area contributed by atoms with Crippen LogP contribution >= 0.6 is 12.6 Å². The van der Waals surface area contributed by atoms with Crippen LogP contribution in [0.3, 0.4) is 0 Å². The molecule has 0 aliphatic heterocycles. The largest absolute Gasteiger partial charge is 0.367 e. The predicted octanol–water partition coefficient (Wildman–Crippen LogP) is 1.13. The number of carbonyl (C=O) groups is 1. The van der Waals surface area contributed by atoms with Gasteiger partial charge in [0.05, 0.1) is 5.75 Å². The highest BCUT2D eigenvalue weighted by molar-refractivity contribution is 7.81. The molecule has 48 valence electrons. The standard InChI is InChI=1S/C6H7NOS/c8-6(4-9)5-1-2-7-3-5/h1-3,7,9H,4H2. The molecule has 0 aliphatic carbocycles. The molecule has 0 aromatic carbocycles. The van der Waals surface area contributed by atoms with Crippen molar-refractivity contribution in [1.82, 2.24) is 4.98 Å². The van der Waals surface area contributed by atoms with Gasteiger partial charge in [0.2, 0.25) is 0 Å². The van der Waals surface area contributed by atoms with Gasteiger partial charge in [0, 0.05) is 18.0 Å². The third-order valence-electron chi connectivity index (χ3n) is 1.06. The molecule has 9 heavy (non-hydrogen) atoms. The molecule has 1 rings (SSSR count). The number of aromatic nitrogens is 1. The lowest BCUT2D eigenvalue weighted by atomic mass is 10.2. The molecule has 0 spiro atoms. The Hall–Kier alpha value is -0.700. The van der Waals surface area contributed by atoms with Crippen LogP contribution in [0.5, 0.6) is 0 Å². The Bertz CT molecular complexity index is 193. The SMILES string of the molecule is O=C(CS)c1cc[nH]c1. The first-order valence-electron chi connectivity index (χ1n) is 2.61. The van der Waals surface area contributed by atoms with Gasteiger partial charge in [-0.1, -0.05) is 0 Å². The first kappa shape index (κ1) is 6.42. The lowest BCUT2D eigenvalue weighted by Gasteiger charge is -1.86. The molecule has 1 aromatic rings. The molecular weight excluding hydrogens is 134 g/mol. The van der Waals surface area contributed by atoms with Gasteiger partial charge in [-0.2, -0.15) is 12.6 Å². The molecule has 0 bridgehead atoms. The highest BCUT2D eigenvalue weighted by Gasteiger charge is 2.00. The summed E-state index contributed by atoms with van der Waals surface area (Å²) >= 11 is 3.84. The number of nitrogens with one attached hydrogen (secondary N) is 1. The highest BCUT2D eigenvalue weighted by atomic mass is 32.1. The van der Waals surface area contributed by atoms with E-state index >= 15 is 0 Å². The maximum Gasteiger partial charge on any atom is 0.173 e. The van der Waals surface area contributed by atoms with Crippen LogP contribution in [0, 0.1) is 0 Å². The van der Waals surface area contributed by atoms with Gasteiger partial charge in [-0.05, 0) is 6.07 Å². The zero-order valence-corrected chi connectivity index (χ0v) is 5.69. The Morgan fingerprint density at radius 2 is 2.56 bits per heavy atom. The maximum atomic E-state index is 10.8. The number of hydrogen-bond acceptors (Lipinski definition) is 2. The topological polar surface area (TPSA) is 32.9 Å². The molecule has 0 aliphatic rings. The molecule has 1 aromatic heterocycles. The van der Waals surface area contributed by atoms with Crippen LogP contribution in [0.15, 0.2) is 18.5 Å². The zero-order chi connectivity index (χ0) is 6.69. The van der Waals surface area contributed by atoms with Crippen LogP contribution in [-0.2, 0) is 0 Å². The van der Waals surface area contributed by atoms with Crippen LogP contribution in [-0.4, -0.2) is 16.5 Å². The fraction of sp³-hybridized carbons (Fsp3) is 0.167. The Balaban J connectivity index is 2.77. The molecule has 0 amide bonds. The number of hydrogen-bond donors (Lipinski definition) is 2. The number of carbonyl (C=O) groups excluding carboxylic acids is 1. The third kappa shape index (κ3) is 1.36. The van der Waals surface area contributed by atoms with Gasteiger partial charge in [-0.15, -0.1) is 0 Å². The second kappa shape index (κ2) is 2.73. The minimum atomic E-state index is 0.0552. The second-order valence-corrected chi connectivity index (χ2v) is 2.00. The van der Waals surface area contributed by atoms with Gasteiger partial charge in [0.25, 0.3) is 0 Å². The smallest absolute Gasteiger partial charge is 0.173 e. The summed E-state index contributed by atoms with van der Waals surface area (Å²) in [6, 6.07) is 1.73. The minimum absolute atomic E-state index is 0.0552. The molecule has 1 N–H and O–H groups in total. The zero-order valence-electron chi connectivity index (χ0n) is 4.79. The van der Waals surface area contributed by atoms with E-state index in [2.05, 4.69) is 17.6 Å². The number of thiol groups is 1. The number of rotatable bonds is 2. The molecule has 1 heterocycles. The summed E-state index contributed by atoms with van der Waals surface area (Å²) < 4.78 is 0. The van der Waals surface area contributed by atoms with Gasteiger partial charge >= 0.3 is 0 Å². The molecule has 0 radical (unpaired) electrons. The van der Waals surface area contributed by atoms with Crippen molar-refractivity contribution < 1.29 is 4.79 Å². The third-order valence-corrected chi connectivity index (χ3v) is 1.35. The average Bonchev–Trinajstić information content (AvgIpc) is 2.37. The summed E-state index contributed by atoms with van der Waals surface area (Å²) in [6.45, 7) is 0. The van der Waals surface area contributed by atoms with Crippen molar-refractivity contribution in [1.29, 1.82) is 0 Å². The first-order valence-corrected chi connectivity index (χ1v) is 3.24. The van der Waals surface area contributed by atoms with E-state index in [1.807, 2.05) is 0 Å². The Morgan fingerprint density at radius 3 is 3.00 bits per heavy atom. The van der Waals surface area contributed by atoms with Gasteiger partial charge in [-0.25, -0.2) is 0 Å². The Morgan fingerprint density at radius 1 is 1.78 bits per heavy atom. The van der Waals surface area contributed by atoms with Gasteiger partial charge < -0.3 is 4.98 Å². The van der Waals surface area contributed by atoms with Crippen LogP contribution < -0.4 is 0 Å². The molecule has 2 nitrogen and oxygen atoms in total. The number of Topliss-reactive ketones (excluding diaryl/α,β-unsaturated/α-hetero) is 1. The minimum Gasteiger partial charge on any atom is -0.367 e. The van der Waals surface area contributed by atoms with Crippen molar-refractivity contribution in [2.24, 2.45) is 0 Å². The van der Waals surface area contributed by atoms with Gasteiger partial charge in [-0.3, -0.25) is 4.79 Å². The average molecular weight is 141 g/mol. The number of aromatic amines is 1. The van der Waals surface area contributed by atoms with Gasteiger partial charge in [0.1, 0.15) is 0 Å². The van der Waals surface area contributed by atoms with Crippen molar-refractivity contribution >= 4 is 18.4 Å². The maximum absolute atomic E-state index is 10.8. The van der Waals surface area contributed by atoms with E-state index in [4.69, 9.17) is 0 Å². The summed E-state index contributed by atoms with van der Waals surface area (Å²) in [7, 11) is 0. The summed E-state index contributed by atoms with van der Waals surface area (Å²) in [5.41, 5.74) is 0.699. The van der Waals surface area contributed by atoms with Crippen molar-refractivity contribution in [3.8, 4) is 0 Å². The Labute approximate surface area is 58.7 Å². The summed E-state index contributed by atoms with van der Waals surface area (Å²) in [4.78, 5) is 13.6. The van der Waals surface area contributed by atoms with Crippen LogP contribution in [0.2, 0.25) is 0 Å². The molecule has 0 saturated carbocycles. The lowest BCUT2D eigenvalue weighted by molar-refractivity contribution is 0.102. The monoisotopic (exact) mass is 141 g/mol. The Kier molecular flexibility index (Phi) is 1.95. The molecular formula is C6H7NOS.